The molecule has 2 aromatic rings. The highest BCUT2D eigenvalue weighted by Crippen LogP contribution is 2.39. The fourth-order valence-corrected chi connectivity index (χ4v) is 3.79. The summed E-state index contributed by atoms with van der Waals surface area (Å²) < 4.78 is 5.08. The van der Waals surface area contributed by atoms with Crippen molar-refractivity contribution in [2.75, 3.05) is 16.5 Å². The van der Waals surface area contributed by atoms with Crippen molar-refractivity contribution in [1.29, 1.82) is 0 Å². The SMILES string of the molecule is CCOC(=O)C1=NN(c2ccc(C)cc2)[C@H]2C(=O)N(c3ccccc3Cl)C(=O)[C@H]12. The van der Waals surface area contributed by atoms with Crippen LogP contribution in [-0.4, -0.2) is 36.1 Å². The highest BCUT2D eigenvalue weighted by molar-refractivity contribution is 6.48. The quantitative estimate of drug-likeness (QED) is 0.571. The van der Waals surface area contributed by atoms with Gasteiger partial charge in [-0.2, -0.15) is 5.10 Å². The number of para-hydroxylation sites is 1. The van der Waals surface area contributed by atoms with Crippen LogP contribution in [0.5, 0.6) is 0 Å². The van der Waals surface area contributed by atoms with Crippen molar-refractivity contribution >= 4 is 46.5 Å². The highest BCUT2D eigenvalue weighted by Gasteiger charge is 2.59. The van der Waals surface area contributed by atoms with Crippen molar-refractivity contribution in [2.24, 2.45) is 11.0 Å². The van der Waals surface area contributed by atoms with E-state index in [0.29, 0.717) is 5.69 Å². The Hall–Kier alpha value is -3.19. The number of nitrogens with zero attached hydrogens (tertiary/aromatic N) is 3. The predicted octanol–water partition coefficient (Wildman–Crippen LogP) is 2.95. The predicted molar refractivity (Wildman–Crippen MR) is 109 cm³/mol. The number of amides is 2. The van der Waals surface area contributed by atoms with E-state index in [1.54, 1.807) is 43.3 Å². The molecule has 4 rings (SSSR count). The lowest BCUT2D eigenvalue weighted by Gasteiger charge is -2.22. The first-order valence-corrected chi connectivity index (χ1v) is 9.55. The molecule has 2 aliphatic heterocycles. The number of hydrogen-bond donors (Lipinski definition) is 0. The van der Waals surface area contributed by atoms with E-state index in [2.05, 4.69) is 5.10 Å². The standard InChI is InChI=1S/C21H18ClN3O4/c1-3-29-21(28)17-16-18(25(23-17)13-10-8-12(2)9-11-13)20(27)24(19(16)26)15-7-5-4-6-14(15)22/h4-11,16,18H,3H2,1-2H3/t16-,18-/m1/s1. The first-order chi connectivity index (χ1) is 13.9. The number of aryl methyl sites for hydroxylation is 1. The van der Waals surface area contributed by atoms with Crippen molar-refractivity contribution in [1.82, 2.24) is 0 Å². The van der Waals surface area contributed by atoms with Gasteiger partial charge in [0.1, 0.15) is 12.0 Å². The molecule has 0 aromatic heterocycles. The second-order valence-corrected chi connectivity index (χ2v) is 7.18. The Bertz CT molecular complexity index is 1030. The van der Waals surface area contributed by atoms with Crippen molar-refractivity contribution in [3.8, 4) is 0 Å². The minimum Gasteiger partial charge on any atom is -0.461 e. The Balaban J connectivity index is 1.81. The number of hydrogen-bond acceptors (Lipinski definition) is 6. The van der Waals surface area contributed by atoms with Crippen LogP contribution in [0.1, 0.15) is 12.5 Å². The third kappa shape index (κ3) is 3.07. The molecule has 0 saturated carbocycles. The van der Waals surface area contributed by atoms with E-state index < -0.39 is 29.7 Å². The maximum absolute atomic E-state index is 13.3. The molecule has 8 heteroatoms. The molecule has 1 fully saturated rings. The van der Waals surface area contributed by atoms with Gasteiger partial charge >= 0.3 is 5.97 Å². The molecule has 2 aliphatic rings. The fraction of sp³-hybridized carbons (Fsp3) is 0.238. The molecule has 0 N–H and O–H groups in total. The zero-order valence-electron chi connectivity index (χ0n) is 15.8. The van der Waals surface area contributed by atoms with E-state index in [-0.39, 0.29) is 23.0 Å². The lowest BCUT2D eigenvalue weighted by atomic mass is 9.97. The number of carbonyl (C=O) groups excluding carboxylic acids is 3. The molecule has 148 valence electrons. The molecular formula is C21H18ClN3O4. The van der Waals surface area contributed by atoms with Gasteiger partial charge in [0.2, 0.25) is 5.91 Å². The number of halogens is 1. The summed E-state index contributed by atoms with van der Waals surface area (Å²) in [4.78, 5) is 40.1. The molecule has 2 atom stereocenters. The number of imide groups is 1. The van der Waals surface area contributed by atoms with Crippen LogP contribution in [0.3, 0.4) is 0 Å². The maximum atomic E-state index is 13.3. The monoisotopic (exact) mass is 411 g/mol. The van der Waals surface area contributed by atoms with E-state index in [1.807, 2.05) is 19.1 Å². The number of hydrazone groups is 1. The Morgan fingerprint density at radius 1 is 1.10 bits per heavy atom. The van der Waals surface area contributed by atoms with Gasteiger partial charge in [0.15, 0.2) is 5.71 Å². The molecule has 0 spiro atoms. The van der Waals surface area contributed by atoms with Gasteiger partial charge < -0.3 is 4.74 Å². The Kier molecular flexibility index (Phi) is 4.84. The molecule has 2 amide bonds. The number of carbonyl (C=O) groups is 3. The summed E-state index contributed by atoms with van der Waals surface area (Å²) in [5.74, 6) is -2.80. The van der Waals surface area contributed by atoms with E-state index in [4.69, 9.17) is 16.3 Å². The van der Waals surface area contributed by atoms with Gasteiger partial charge in [0.05, 0.1) is 23.0 Å². The normalized spacial score (nSPS) is 20.7. The van der Waals surface area contributed by atoms with Crippen LogP contribution >= 0.6 is 11.6 Å². The average molecular weight is 412 g/mol. The molecule has 7 nitrogen and oxygen atoms in total. The second kappa shape index (κ2) is 7.33. The van der Waals surface area contributed by atoms with Crippen LogP contribution in [0.25, 0.3) is 0 Å². The van der Waals surface area contributed by atoms with Gasteiger partial charge in [-0.3, -0.25) is 14.6 Å². The fourth-order valence-electron chi connectivity index (χ4n) is 3.57. The van der Waals surface area contributed by atoms with Gasteiger partial charge in [0.25, 0.3) is 5.91 Å². The van der Waals surface area contributed by atoms with E-state index in [9.17, 15) is 14.4 Å². The number of esters is 1. The summed E-state index contributed by atoms with van der Waals surface area (Å²) in [5, 5.41) is 6.01. The second-order valence-electron chi connectivity index (χ2n) is 6.77. The minimum atomic E-state index is -1.06. The molecule has 0 aliphatic carbocycles. The first kappa shape index (κ1) is 19.1. The molecule has 0 unspecified atom stereocenters. The topological polar surface area (TPSA) is 79.3 Å². The van der Waals surface area contributed by atoms with E-state index >= 15 is 0 Å². The third-order valence-electron chi connectivity index (χ3n) is 4.93. The highest BCUT2D eigenvalue weighted by atomic mass is 35.5. The maximum Gasteiger partial charge on any atom is 0.355 e. The van der Waals surface area contributed by atoms with Crippen molar-refractivity contribution in [3.63, 3.8) is 0 Å². The van der Waals surface area contributed by atoms with Gasteiger partial charge in [-0.15, -0.1) is 0 Å². The zero-order valence-corrected chi connectivity index (χ0v) is 16.6. The Labute approximate surface area is 172 Å². The Morgan fingerprint density at radius 3 is 2.45 bits per heavy atom. The zero-order chi connectivity index (χ0) is 20.7. The summed E-state index contributed by atoms with van der Waals surface area (Å²) in [6.07, 6.45) is 0. The van der Waals surface area contributed by atoms with Gasteiger partial charge in [0, 0.05) is 0 Å². The molecule has 1 saturated heterocycles. The van der Waals surface area contributed by atoms with Crippen molar-refractivity contribution in [3.05, 3.63) is 59.1 Å². The summed E-state index contributed by atoms with van der Waals surface area (Å²) >= 11 is 6.23. The molecule has 0 radical (unpaired) electrons. The lowest BCUT2D eigenvalue weighted by Crippen LogP contribution is -2.39. The van der Waals surface area contributed by atoms with Crippen molar-refractivity contribution in [2.45, 2.75) is 19.9 Å². The summed E-state index contributed by atoms with van der Waals surface area (Å²) in [7, 11) is 0. The number of anilines is 2. The molecule has 29 heavy (non-hydrogen) atoms. The molecule has 0 bridgehead atoms. The smallest absolute Gasteiger partial charge is 0.355 e. The summed E-state index contributed by atoms with van der Waals surface area (Å²) in [6, 6.07) is 12.9. The average Bonchev–Trinajstić information content (AvgIpc) is 3.21. The van der Waals surface area contributed by atoms with Crippen LogP contribution in [0.4, 0.5) is 11.4 Å². The van der Waals surface area contributed by atoms with Crippen LogP contribution in [-0.2, 0) is 19.1 Å². The molecule has 2 aromatic carbocycles. The van der Waals surface area contributed by atoms with Gasteiger partial charge in [-0.25, -0.2) is 9.69 Å². The van der Waals surface area contributed by atoms with Gasteiger partial charge in [-0.1, -0.05) is 41.4 Å². The summed E-state index contributed by atoms with van der Waals surface area (Å²) in [5.41, 5.74) is 1.84. The van der Waals surface area contributed by atoms with E-state index in [0.717, 1.165) is 10.5 Å². The number of rotatable bonds is 4. The van der Waals surface area contributed by atoms with Crippen LogP contribution in [0, 0.1) is 12.8 Å². The first-order valence-electron chi connectivity index (χ1n) is 9.18. The van der Waals surface area contributed by atoms with Crippen molar-refractivity contribution < 1.29 is 19.1 Å². The third-order valence-corrected chi connectivity index (χ3v) is 5.25. The summed E-state index contributed by atoms with van der Waals surface area (Å²) in [6.45, 7) is 3.74. The number of benzene rings is 2. The van der Waals surface area contributed by atoms with E-state index in [1.165, 1.54) is 5.01 Å². The number of fused-ring (bicyclic) bond motifs is 1. The van der Waals surface area contributed by atoms with Gasteiger partial charge in [-0.05, 0) is 38.1 Å². The molecule has 2 heterocycles. The van der Waals surface area contributed by atoms with Crippen LogP contribution in [0.2, 0.25) is 5.02 Å². The minimum absolute atomic E-state index is 0.0784. The van der Waals surface area contributed by atoms with Crippen LogP contribution < -0.4 is 9.91 Å². The largest absolute Gasteiger partial charge is 0.461 e. The lowest BCUT2D eigenvalue weighted by molar-refractivity contribution is -0.136. The molecular weight excluding hydrogens is 394 g/mol. The Morgan fingerprint density at radius 2 is 1.79 bits per heavy atom. The van der Waals surface area contributed by atoms with Crippen LogP contribution in [0.15, 0.2) is 53.6 Å². The number of ether oxygens (including phenoxy) is 1.